The molecule has 2 aromatic rings. The van der Waals surface area contributed by atoms with Crippen LogP contribution in [0.15, 0.2) is 42.5 Å². The Bertz CT molecular complexity index is 1040. The van der Waals surface area contributed by atoms with Crippen molar-refractivity contribution in [1.29, 1.82) is 0 Å². The van der Waals surface area contributed by atoms with E-state index in [1.165, 1.54) is 12.1 Å². The molecule has 176 valence electrons. The van der Waals surface area contributed by atoms with Crippen LogP contribution >= 0.6 is 0 Å². The number of anilines is 2. The SMILES string of the molecule is CCOc1ccc(C(=O)Nc2ccc(N3CCN(C(=O)C(F)(F)F)CC3)cc2)cc1[N+](=O)[O-]. The number of ether oxygens (including phenoxy) is 1. The normalized spacial score (nSPS) is 14.1. The van der Waals surface area contributed by atoms with Crippen molar-refractivity contribution in [2.24, 2.45) is 0 Å². The molecule has 1 aliphatic rings. The number of alkyl halides is 3. The van der Waals surface area contributed by atoms with Gasteiger partial charge in [-0.3, -0.25) is 19.7 Å². The van der Waals surface area contributed by atoms with Gasteiger partial charge in [0.05, 0.1) is 11.5 Å². The summed E-state index contributed by atoms with van der Waals surface area (Å²) in [6, 6.07) is 10.5. The molecule has 0 atom stereocenters. The van der Waals surface area contributed by atoms with Gasteiger partial charge in [0.2, 0.25) is 0 Å². The fraction of sp³-hybridized carbons (Fsp3) is 0.333. The summed E-state index contributed by atoms with van der Waals surface area (Å²) in [5.74, 6) is -2.32. The Balaban J connectivity index is 1.62. The monoisotopic (exact) mass is 466 g/mol. The number of nitro benzene ring substituents is 1. The van der Waals surface area contributed by atoms with Gasteiger partial charge in [-0.05, 0) is 43.3 Å². The number of benzene rings is 2. The van der Waals surface area contributed by atoms with Crippen molar-refractivity contribution in [3.05, 3.63) is 58.1 Å². The number of nitro groups is 1. The van der Waals surface area contributed by atoms with Crippen molar-refractivity contribution in [1.82, 2.24) is 4.90 Å². The molecule has 1 fully saturated rings. The van der Waals surface area contributed by atoms with Gasteiger partial charge in [0.15, 0.2) is 5.75 Å². The van der Waals surface area contributed by atoms with Gasteiger partial charge in [0, 0.05) is 49.2 Å². The van der Waals surface area contributed by atoms with Crippen molar-refractivity contribution in [3.8, 4) is 5.75 Å². The molecule has 2 aromatic carbocycles. The average molecular weight is 466 g/mol. The topological polar surface area (TPSA) is 105 Å². The van der Waals surface area contributed by atoms with Crippen LogP contribution in [0.3, 0.4) is 0 Å². The van der Waals surface area contributed by atoms with Gasteiger partial charge in [-0.25, -0.2) is 0 Å². The van der Waals surface area contributed by atoms with E-state index in [1.807, 2.05) is 4.90 Å². The van der Waals surface area contributed by atoms with Crippen LogP contribution in [0.2, 0.25) is 0 Å². The molecule has 0 aromatic heterocycles. The molecule has 0 aliphatic carbocycles. The lowest BCUT2D eigenvalue weighted by Gasteiger charge is -2.36. The number of hydrogen-bond donors (Lipinski definition) is 1. The summed E-state index contributed by atoms with van der Waals surface area (Å²) < 4.78 is 42.9. The van der Waals surface area contributed by atoms with Gasteiger partial charge in [-0.1, -0.05) is 0 Å². The molecule has 9 nitrogen and oxygen atoms in total. The number of carbonyl (C=O) groups is 2. The number of piperazine rings is 1. The summed E-state index contributed by atoms with van der Waals surface area (Å²) in [5.41, 5.74) is 0.928. The summed E-state index contributed by atoms with van der Waals surface area (Å²) in [6.07, 6.45) is -4.88. The smallest absolute Gasteiger partial charge is 0.471 e. The van der Waals surface area contributed by atoms with Crippen LogP contribution in [0.1, 0.15) is 17.3 Å². The third kappa shape index (κ3) is 5.70. The van der Waals surface area contributed by atoms with E-state index in [9.17, 15) is 32.9 Å². The minimum atomic E-state index is -4.88. The predicted molar refractivity (Wildman–Crippen MR) is 114 cm³/mol. The van der Waals surface area contributed by atoms with Crippen LogP contribution in [-0.2, 0) is 4.79 Å². The molecule has 0 radical (unpaired) electrons. The zero-order valence-corrected chi connectivity index (χ0v) is 17.6. The first-order chi connectivity index (χ1) is 15.6. The highest BCUT2D eigenvalue weighted by Gasteiger charge is 2.43. The van der Waals surface area contributed by atoms with Crippen molar-refractivity contribution in [3.63, 3.8) is 0 Å². The first kappa shape index (κ1) is 23.8. The largest absolute Gasteiger partial charge is 0.487 e. The predicted octanol–water partition coefficient (Wildman–Crippen LogP) is 3.46. The molecule has 0 spiro atoms. The molecular weight excluding hydrogens is 445 g/mol. The fourth-order valence-electron chi connectivity index (χ4n) is 3.38. The molecule has 0 bridgehead atoms. The zero-order chi connectivity index (χ0) is 24.2. The van der Waals surface area contributed by atoms with Gasteiger partial charge in [-0.2, -0.15) is 13.2 Å². The van der Waals surface area contributed by atoms with E-state index in [0.29, 0.717) is 5.69 Å². The second-order valence-electron chi connectivity index (χ2n) is 7.15. The van der Waals surface area contributed by atoms with E-state index >= 15 is 0 Å². The molecule has 1 heterocycles. The Morgan fingerprint density at radius 3 is 2.27 bits per heavy atom. The third-order valence-electron chi connectivity index (χ3n) is 5.02. The van der Waals surface area contributed by atoms with Gasteiger partial charge in [0.25, 0.3) is 5.91 Å². The molecule has 3 rings (SSSR count). The number of amides is 2. The van der Waals surface area contributed by atoms with Gasteiger partial charge < -0.3 is 19.9 Å². The molecule has 0 saturated carbocycles. The molecule has 1 N–H and O–H groups in total. The average Bonchev–Trinajstić information content (AvgIpc) is 2.79. The van der Waals surface area contributed by atoms with Gasteiger partial charge >= 0.3 is 17.8 Å². The van der Waals surface area contributed by atoms with E-state index in [2.05, 4.69) is 5.32 Å². The number of halogens is 3. The van der Waals surface area contributed by atoms with Crippen molar-refractivity contribution in [2.75, 3.05) is 43.0 Å². The third-order valence-corrected chi connectivity index (χ3v) is 5.02. The van der Waals surface area contributed by atoms with E-state index in [-0.39, 0.29) is 49.8 Å². The molecule has 0 unspecified atom stereocenters. The summed E-state index contributed by atoms with van der Waals surface area (Å²) in [6.45, 7) is 2.32. The van der Waals surface area contributed by atoms with Crippen LogP contribution < -0.4 is 15.0 Å². The van der Waals surface area contributed by atoms with Gasteiger partial charge in [-0.15, -0.1) is 0 Å². The van der Waals surface area contributed by atoms with Crippen molar-refractivity contribution < 1.29 is 32.4 Å². The molecular formula is C21H21F3N4O5. The Hall–Kier alpha value is -3.83. The van der Waals surface area contributed by atoms with Gasteiger partial charge in [0.1, 0.15) is 0 Å². The molecule has 1 saturated heterocycles. The van der Waals surface area contributed by atoms with E-state index < -0.39 is 22.9 Å². The lowest BCUT2D eigenvalue weighted by atomic mass is 10.1. The lowest BCUT2D eigenvalue weighted by molar-refractivity contribution is -0.385. The maximum Gasteiger partial charge on any atom is 0.471 e. The highest BCUT2D eigenvalue weighted by atomic mass is 19.4. The summed E-state index contributed by atoms with van der Waals surface area (Å²) in [7, 11) is 0. The van der Waals surface area contributed by atoms with Crippen LogP contribution in [-0.4, -0.2) is 60.6 Å². The minimum absolute atomic E-state index is 0.0483. The number of nitrogens with zero attached hydrogens (tertiary/aromatic N) is 3. The first-order valence-electron chi connectivity index (χ1n) is 10.0. The quantitative estimate of drug-likeness (QED) is 0.517. The second-order valence-corrected chi connectivity index (χ2v) is 7.15. The summed E-state index contributed by atoms with van der Waals surface area (Å²) >= 11 is 0. The number of carbonyl (C=O) groups excluding carboxylic acids is 2. The van der Waals surface area contributed by atoms with Crippen LogP contribution in [0.4, 0.5) is 30.2 Å². The van der Waals surface area contributed by atoms with E-state index in [0.717, 1.165) is 16.7 Å². The van der Waals surface area contributed by atoms with E-state index in [4.69, 9.17) is 4.74 Å². The van der Waals surface area contributed by atoms with Crippen LogP contribution in [0.25, 0.3) is 0 Å². The highest BCUT2D eigenvalue weighted by Crippen LogP contribution is 2.29. The van der Waals surface area contributed by atoms with E-state index in [1.54, 1.807) is 31.2 Å². The maximum atomic E-state index is 12.6. The lowest BCUT2D eigenvalue weighted by Crippen LogP contribution is -2.52. The molecule has 12 heteroatoms. The van der Waals surface area contributed by atoms with Crippen molar-refractivity contribution >= 4 is 28.9 Å². The Morgan fingerprint density at radius 1 is 1.09 bits per heavy atom. The van der Waals surface area contributed by atoms with Crippen LogP contribution in [0, 0.1) is 10.1 Å². The number of nitrogens with one attached hydrogen (secondary N) is 1. The summed E-state index contributed by atoms with van der Waals surface area (Å²) in [4.78, 5) is 37.1. The fourth-order valence-corrected chi connectivity index (χ4v) is 3.38. The maximum absolute atomic E-state index is 12.6. The standard InChI is InChI=1S/C21H21F3N4O5/c1-2-33-18-8-3-14(13-17(18)28(31)32)19(29)25-15-4-6-16(7-5-15)26-9-11-27(12-10-26)20(30)21(22,23)24/h3-8,13H,2,9-12H2,1H3,(H,25,29). The van der Waals surface area contributed by atoms with Crippen molar-refractivity contribution in [2.45, 2.75) is 13.1 Å². The Labute approximate surface area is 186 Å². The molecule has 33 heavy (non-hydrogen) atoms. The number of hydrogen-bond acceptors (Lipinski definition) is 6. The van der Waals surface area contributed by atoms with Crippen LogP contribution in [0.5, 0.6) is 5.75 Å². The minimum Gasteiger partial charge on any atom is -0.487 e. The number of rotatable bonds is 6. The Kier molecular flexibility index (Phi) is 7.04. The zero-order valence-electron chi connectivity index (χ0n) is 17.6. The highest BCUT2D eigenvalue weighted by molar-refractivity contribution is 6.04. The summed E-state index contributed by atoms with van der Waals surface area (Å²) in [5, 5.41) is 13.9. The Morgan fingerprint density at radius 2 is 1.73 bits per heavy atom. The molecule has 1 aliphatic heterocycles. The second kappa shape index (κ2) is 9.76. The molecule has 2 amide bonds. The first-order valence-corrected chi connectivity index (χ1v) is 10.0.